The molecule has 168 valence electrons. The van der Waals surface area contributed by atoms with Crippen molar-refractivity contribution >= 4 is 12.0 Å². The summed E-state index contributed by atoms with van der Waals surface area (Å²) in [6.07, 6.45) is 5.29. The van der Waals surface area contributed by atoms with Gasteiger partial charge in [-0.25, -0.2) is 4.79 Å². The van der Waals surface area contributed by atoms with E-state index in [0.29, 0.717) is 32.2 Å². The maximum absolute atomic E-state index is 13.4. The highest BCUT2D eigenvalue weighted by atomic mass is 16.6. The van der Waals surface area contributed by atoms with E-state index in [2.05, 4.69) is 28.5 Å². The molecule has 0 unspecified atom stereocenters. The van der Waals surface area contributed by atoms with Gasteiger partial charge in [-0.3, -0.25) is 4.79 Å². The molecule has 7 heteroatoms. The molecule has 2 N–H and O–H groups in total. The maximum atomic E-state index is 13.4. The van der Waals surface area contributed by atoms with Crippen molar-refractivity contribution in [1.29, 1.82) is 5.26 Å². The van der Waals surface area contributed by atoms with Crippen molar-refractivity contribution < 1.29 is 14.3 Å². The lowest BCUT2D eigenvalue weighted by molar-refractivity contribution is -0.145. The first-order valence-electron chi connectivity index (χ1n) is 11.5. The molecule has 2 fully saturated rings. The minimum atomic E-state index is -1.20. The molecule has 1 aromatic rings. The van der Waals surface area contributed by atoms with Crippen LogP contribution in [0.5, 0.6) is 0 Å². The summed E-state index contributed by atoms with van der Waals surface area (Å²) in [5.41, 5.74) is -1.14. The Bertz CT molecular complexity index is 776. The van der Waals surface area contributed by atoms with Gasteiger partial charge in [0.2, 0.25) is 0 Å². The Morgan fingerprint density at radius 2 is 1.77 bits per heavy atom. The number of nitrogens with one attached hydrogen (secondary N) is 2. The van der Waals surface area contributed by atoms with Gasteiger partial charge in [-0.1, -0.05) is 43.7 Å². The SMILES string of the molecule is CCCN1CCC(C#N)(NC(=O)C2(OC(=O)NCc3ccccc3)CCCCC2)CC1. The third kappa shape index (κ3) is 5.98. The van der Waals surface area contributed by atoms with E-state index < -0.39 is 17.2 Å². The number of alkyl carbamates (subject to hydrolysis) is 1. The topological polar surface area (TPSA) is 94.5 Å². The molecule has 0 bridgehead atoms. The van der Waals surface area contributed by atoms with E-state index in [4.69, 9.17) is 4.74 Å². The van der Waals surface area contributed by atoms with Gasteiger partial charge in [-0.15, -0.1) is 0 Å². The van der Waals surface area contributed by atoms with Gasteiger partial charge in [0.1, 0.15) is 5.54 Å². The molecule has 1 saturated carbocycles. The van der Waals surface area contributed by atoms with E-state index in [-0.39, 0.29) is 5.91 Å². The van der Waals surface area contributed by atoms with Crippen LogP contribution in [0.3, 0.4) is 0 Å². The van der Waals surface area contributed by atoms with Crippen LogP contribution in [-0.2, 0) is 16.1 Å². The molecule has 2 aliphatic rings. The Balaban J connectivity index is 1.64. The second-order valence-electron chi connectivity index (χ2n) is 8.77. The Morgan fingerprint density at radius 3 is 2.39 bits per heavy atom. The molecular weight excluding hydrogens is 392 g/mol. The Hall–Kier alpha value is -2.59. The van der Waals surface area contributed by atoms with Crippen LogP contribution >= 0.6 is 0 Å². The third-order valence-corrected chi connectivity index (χ3v) is 6.46. The normalized spacial score (nSPS) is 20.3. The predicted molar refractivity (Wildman–Crippen MR) is 118 cm³/mol. The standard InChI is InChI=1S/C24H34N4O3/c1-2-15-28-16-13-23(19-25,14-17-28)27-21(29)24(11-7-4-8-12-24)31-22(30)26-18-20-9-5-3-6-10-20/h3,5-6,9-10H,2,4,7-8,11-18H2,1H3,(H,26,30)(H,27,29). The van der Waals surface area contributed by atoms with Crippen LogP contribution in [0, 0.1) is 11.3 Å². The molecule has 2 amide bonds. The van der Waals surface area contributed by atoms with Crippen molar-refractivity contribution in [2.24, 2.45) is 0 Å². The Morgan fingerprint density at radius 1 is 1.10 bits per heavy atom. The summed E-state index contributed by atoms with van der Waals surface area (Å²) in [6, 6.07) is 11.9. The zero-order valence-electron chi connectivity index (χ0n) is 18.5. The number of likely N-dealkylation sites (tertiary alicyclic amines) is 1. The summed E-state index contributed by atoms with van der Waals surface area (Å²) < 4.78 is 5.77. The Labute approximate surface area is 185 Å². The predicted octanol–water partition coefficient (Wildman–Crippen LogP) is 3.50. The molecule has 1 saturated heterocycles. The number of piperidine rings is 1. The fraction of sp³-hybridized carbons (Fsp3) is 0.625. The van der Waals surface area contributed by atoms with Crippen LogP contribution in [-0.4, -0.2) is 47.7 Å². The van der Waals surface area contributed by atoms with Crippen LogP contribution in [0.15, 0.2) is 30.3 Å². The number of rotatable bonds is 7. The Kier molecular flexibility index (Phi) is 7.91. The van der Waals surface area contributed by atoms with Crippen molar-refractivity contribution in [3.8, 4) is 6.07 Å². The van der Waals surface area contributed by atoms with Gasteiger partial charge < -0.3 is 20.3 Å². The van der Waals surface area contributed by atoms with E-state index in [1.165, 1.54) is 0 Å². The van der Waals surface area contributed by atoms with Crippen LogP contribution in [0.1, 0.15) is 63.9 Å². The van der Waals surface area contributed by atoms with Gasteiger partial charge in [0.15, 0.2) is 5.60 Å². The van der Waals surface area contributed by atoms with Crippen LogP contribution in [0.4, 0.5) is 4.79 Å². The summed E-state index contributed by atoms with van der Waals surface area (Å²) in [4.78, 5) is 28.3. The van der Waals surface area contributed by atoms with E-state index in [1.54, 1.807) is 0 Å². The van der Waals surface area contributed by atoms with Gasteiger partial charge in [0.25, 0.3) is 5.91 Å². The summed E-state index contributed by atoms with van der Waals surface area (Å²) >= 11 is 0. The molecule has 1 aromatic carbocycles. The van der Waals surface area contributed by atoms with Crippen molar-refractivity contribution in [2.75, 3.05) is 19.6 Å². The molecule has 0 spiro atoms. The monoisotopic (exact) mass is 426 g/mol. The minimum absolute atomic E-state index is 0.326. The van der Waals surface area contributed by atoms with Gasteiger partial charge in [-0.2, -0.15) is 5.26 Å². The lowest BCUT2D eigenvalue weighted by atomic mass is 9.81. The molecule has 31 heavy (non-hydrogen) atoms. The molecule has 1 aliphatic heterocycles. The molecule has 1 heterocycles. The van der Waals surface area contributed by atoms with E-state index in [1.807, 2.05) is 30.3 Å². The number of carbonyl (C=O) groups excluding carboxylic acids is 2. The van der Waals surface area contributed by atoms with E-state index >= 15 is 0 Å². The minimum Gasteiger partial charge on any atom is -0.433 e. The van der Waals surface area contributed by atoms with Gasteiger partial charge in [-0.05, 0) is 57.1 Å². The van der Waals surface area contributed by atoms with Crippen molar-refractivity contribution in [2.45, 2.75) is 76.0 Å². The van der Waals surface area contributed by atoms with Gasteiger partial charge in [0.05, 0.1) is 6.07 Å². The number of amides is 2. The zero-order valence-corrected chi connectivity index (χ0v) is 18.5. The number of nitriles is 1. The lowest BCUT2D eigenvalue weighted by Gasteiger charge is -2.41. The first-order valence-corrected chi connectivity index (χ1v) is 11.5. The van der Waals surface area contributed by atoms with Crippen LogP contribution in [0.25, 0.3) is 0 Å². The molecule has 3 rings (SSSR count). The molecule has 7 nitrogen and oxygen atoms in total. The number of hydrogen-bond acceptors (Lipinski definition) is 5. The maximum Gasteiger partial charge on any atom is 0.408 e. The first kappa shape index (κ1) is 23.1. The molecule has 1 aliphatic carbocycles. The number of nitrogens with zero attached hydrogens (tertiary/aromatic N) is 2. The fourth-order valence-corrected chi connectivity index (χ4v) is 4.55. The average Bonchev–Trinajstić information content (AvgIpc) is 2.80. The zero-order chi connectivity index (χ0) is 22.2. The van der Waals surface area contributed by atoms with Crippen LogP contribution < -0.4 is 10.6 Å². The average molecular weight is 427 g/mol. The van der Waals surface area contributed by atoms with Gasteiger partial charge >= 0.3 is 6.09 Å². The second-order valence-corrected chi connectivity index (χ2v) is 8.77. The van der Waals surface area contributed by atoms with Crippen molar-refractivity contribution in [3.63, 3.8) is 0 Å². The third-order valence-electron chi connectivity index (χ3n) is 6.46. The number of hydrogen-bond donors (Lipinski definition) is 2. The molecule has 0 atom stereocenters. The summed E-state index contributed by atoms with van der Waals surface area (Å²) in [5.74, 6) is -0.326. The summed E-state index contributed by atoms with van der Waals surface area (Å²) in [5, 5.41) is 15.6. The largest absolute Gasteiger partial charge is 0.433 e. The molecule has 0 aromatic heterocycles. The number of benzene rings is 1. The summed E-state index contributed by atoms with van der Waals surface area (Å²) in [6.45, 7) is 5.05. The smallest absolute Gasteiger partial charge is 0.408 e. The number of ether oxygens (including phenoxy) is 1. The lowest BCUT2D eigenvalue weighted by Crippen LogP contribution is -2.61. The van der Waals surface area contributed by atoms with E-state index in [0.717, 1.165) is 50.9 Å². The highest BCUT2D eigenvalue weighted by molar-refractivity contribution is 5.88. The van der Waals surface area contributed by atoms with Crippen LogP contribution in [0.2, 0.25) is 0 Å². The summed E-state index contributed by atoms with van der Waals surface area (Å²) in [7, 11) is 0. The second kappa shape index (κ2) is 10.6. The van der Waals surface area contributed by atoms with Crippen molar-refractivity contribution in [3.05, 3.63) is 35.9 Å². The van der Waals surface area contributed by atoms with E-state index in [9.17, 15) is 14.9 Å². The highest BCUT2D eigenvalue weighted by Crippen LogP contribution is 2.34. The first-order chi connectivity index (χ1) is 15.0. The van der Waals surface area contributed by atoms with Crippen molar-refractivity contribution in [1.82, 2.24) is 15.5 Å². The fourth-order valence-electron chi connectivity index (χ4n) is 4.55. The molecule has 0 radical (unpaired) electrons. The molecular formula is C24H34N4O3. The quantitative estimate of drug-likeness (QED) is 0.696. The highest BCUT2D eigenvalue weighted by Gasteiger charge is 2.47. The number of carbonyl (C=O) groups is 2. The van der Waals surface area contributed by atoms with Gasteiger partial charge in [0, 0.05) is 19.6 Å².